The summed E-state index contributed by atoms with van der Waals surface area (Å²) in [5.41, 5.74) is 2.69. The van der Waals surface area contributed by atoms with E-state index in [0.717, 1.165) is 68.3 Å². The molecular weight excluding hydrogens is 420 g/mol. The van der Waals surface area contributed by atoms with Crippen molar-refractivity contribution >= 4 is 44.7 Å². The second-order valence-electron chi connectivity index (χ2n) is 7.72. The van der Waals surface area contributed by atoms with Crippen LogP contribution in [0.25, 0.3) is 0 Å². The molecular formula is C21H28N4O3S2. The predicted molar refractivity (Wildman–Crippen MR) is 121 cm³/mol. The maximum absolute atomic E-state index is 12.8. The maximum atomic E-state index is 12.8. The van der Waals surface area contributed by atoms with Gasteiger partial charge in [0, 0.05) is 36.4 Å². The summed E-state index contributed by atoms with van der Waals surface area (Å²) in [5.74, 6) is -0.393. The van der Waals surface area contributed by atoms with Crippen LogP contribution in [0.15, 0.2) is 5.38 Å². The fourth-order valence-corrected chi connectivity index (χ4v) is 6.24. The number of nitrogens with one attached hydrogen (secondary N) is 1. The molecule has 0 atom stereocenters. The minimum atomic E-state index is -0.323. The second-order valence-corrected chi connectivity index (χ2v) is 9.66. The lowest BCUT2D eigenvalue weighted by atomic mass is 10.1. The lowest BCUT2D eigenvalue weighted by molar-refractivity contribution is -0.117. The van der Waals surface area contributed by atoms with Crippen molar-refractivity contribution in [2.75, 3.05) is 49.5 Å². The number of carbonyl (C=O) groups excluding carboxylic acids is 2. The summed E-state index contributed by atoms with van der Waals surface area (Å²) >= 11 is 3.21. The van der Waals surface area contributed by atoms with Crippen LogP contribution >= 0.6 is 22.7 Å². The number of esters is 1. The molecule has 1 aliphatic carbocycles. The summed E-state index contributed by atoms with van der Waals surface area (Å²) < 4.78 is 5.25. The first-order chi connectivity index (χ1) is 14.5. The van der Waals surface area contributed by atoms with Crippen LogP contribution in [-0.4, -0.2) is 61.1 Å². The van der Waals surface area contributed by atoms with Gasteiger partial charge in [0.15, 0.2) is 5.13 Å². The number of rotatable bonds is 6. The number of fused-ring (bicyclic) bond motifs is 1. The molecule has 1 saturated heterocycles. The number of carbonyl (C=O) groups is 2. The van der Waals surface area contributed by atoms with Crippen LogP contribution in [0.2, 0.25) is 0 Å². The molecule has 30 heavy (non-hydrogen) atoms. The maximum Gasteiger partial charge on any atom is 0.341 e. The number of thiazole rings is 1. The van der Waals surface area contributed by atoms with Gasteiger partial charge in [0.25, 0.3) is 0 Å². The molecule has 4 rings (SSSR count). The third-order valence-electron chi connectivity index (χ3n) is 5.49. The monoisotopic (exact) mass is 448 g/mol. The van der Waals surface area contributed by atoms with E-state index in [1.807, 2.05) is 6.92 Å². The van der Waals surface area contributed by atoms with Gasteiger partial charge in [-0.25, -0.2) is 9.78 Å². The average Bonchev–Trinajstić information content (AvgIpc) is 3.35. The summed E-state index contributed by atoms with van der Waals surface area (Å²) in [6, 6.07) is 0. The minimum absolute atomic E-state index is 0.0704. The molecule has 0 saturated carbocycles. The first-order valence-electron chi connectivity index (χ1n) is 10.6. The van der Waals surface area contributed by atoms with Crippen molar-refractivity contribution in [1.29, 1.82) is 0 Å². The average molecular weight is 449 g/mol. The lowest BCUT2D eigenvalue weighted by Gasteiger charge is -2.21. The van der Waals surface area contributed by atoms with Gasteiger partial charge in [0.1, 0.15) is 5.00 Å². The number of hydrogen-bond acceptors (Lipinski definition) is 8. The summed E-state index contributed by atoms with van der Waals surface area (Å²) in [5, 5.41) is 6.79. The molecule has 162 valence electrons. The smallest absolute Gasteiger partial charge is 0.341 e. The molecule has 0 spiro atoms. The van der Waals surface area contributed by atoms with Crippen molar-refractivity contribution in [3.8, 4) is 0 Å². The Morgan fingerprint density at radius 1 is 1.20 bits per heavy atom. The molecule has 7 nitrogen and oxygen atoms in total. The minimum Gasteiger partial charge on any atom is -0.462 e. The van der Waals surface area contributed by atoms with Crippen LogP contribution in [0.1, 0.15) is 46.3 Å². The lowest BCUT2D eigenvalue weighted by Crippen LogP contribution is -2.36. The highest BCUT2D eigenvalue weighted by Crippen LogP contribution is 2.39. The van der Waals surface area contributed by atoms with E-state index >= 15 is 0 Å². The molecule has 1 fully saturated rings. The van der Waals surface area contributed by atoms with Gasteiger partial charge in [-0.2, -0.15) is 0 Å². The molecule has 1 amide bonds. The van der Waals surface area contributed by atoms with Crippen molar-refractivity contribution in [3.63, 3.8) is 0 Å². The van der Waals surface area contributed by atoms with Crippen LogP contribution in [0.5, 0.6) is 0 Å². The van der Waals surface area contributed by atoms with Crippen molar-refractivity contribution in [1.82, 2.24) is 9.88 Å². The van der Waals surface area contributed by atoms with E-state index in [1.54, 1.807) is 18.3 Å². The van der Waals surface area contributed by atoms with Gasteiger partial charge >= 0.3 is 5.97 Å². The molecule has 0 unspecified atom stereocenters. The summed E-state index contributed by atoms with van der Waals surface area (Å²) in [6.45, 7) is 7.99. The molecule has 0 radical (unpaired) electrons. The molecule has 2 aliphatic rings. The summed E-state index contributed by atoms with van der Waals surface area (Å²) in [7, 11) is 0. The number of aromatic nitrogens is 1. The first kappa shape index (κ1) is 21.3. The quantitative estimate of drug-likeness (QED) is 0.684. The fraction of sp³-hybridized carbons (Fsp3) is 0.571. The Morgan fingerprint density at radius 2 is 2.07 bits per heavy atom. The van der Waals surface area contributed by atoms with Crippen LogP contribution in [0, 0.1) is 6.92 Å². The van der Waals surface area contributed by atoms with Gasteiger partial charge in [-0.15, -0.1) is 22.7 Å². The largest absolute Gasteiger partial charge is 0.462 e. The Labute approximate surface area is 185 Å². The Kier molecular flexibility index (Phi) is 6.70. The SMILES string of the molecule is CCOC(=O)c1c(NC(=O)CN2CCCN(c3nc(C)cs3)CC2)sc2c1CCC2. The Hall–Kier alpha value is -1.97. The number of aryl methyl sites for hydroxylation is 2. The number of thiophene rings is 1. The van der Waals surface area contributed by atoms with Gasteiger partial charge in [-0.1, -0.05) is 0 Å². The van der Waals surface area contributed by atoms with Crippen LogP contribution in [0.3, 0.4) is 0 Å². The molecule has 1 N–H and O–H groups in total. The standard InChI is InChI=1S/C21H28N4O3S2/c1-3-28-20(27)18-15-6-4-7-16(15)30-19(18)23-17(26)12-24-8-5-9-25(11-10-24)21-22-14(2)13-29-21/h13H,3-12H2,1-2H3,(H,23,26). The van der Waals surface area contributed by atoms with Gasteiger partial charge < -0.3 is 15.0 Å². The Bertz CT molecular complexity index is 923. The van der Waals surface area contributed by atoms with Gasteiger partial charge in [0.05, 0.1) is 24.4 Å². The zero-order chi connectivity index (χ0) is 21.1. The number of amides is 1. The highest BCUT2D eigenvalue weighted by molar-refractivity contribution is 7.17. The fourth-order valence-electron chi connectivity index (χ4n) is 4.09. The molecule has 1 aliphatic heterocycles. The van der Waals surface area contributed by atoms with Gasteiger partial charge in [-0.05, 0) is 45.1 Å². The number of hydrogen-bond donors (Lipinski definition) is 1. The van der Waals surface area contributed by atoms with E-state index in [0.29, 0.717) is 23.7 Å². The first-order valence-corrected chi connectivity index (χ1v) is 12.3. The second kappa shape index (κ2) is 9.45. The molecule has 2 aromatic heterocycles. The van der Waals surface area contributed by atoms with E-state index in [2.05, 4.69) is 25.5 Å². The van der Waals surface area contributed by atoms with E-state index in [4.69, 9.17) is 4.74 Å². The van der Waals surface area contributed by atoms with Crippen molar-refractivity contribution in [2.24, 2.45) is 0 Å². The van der Waals surface area contributed by atoms with E-state index in [1.165, 1.54) is 16.2 Å². The zero-order valence-corrected chi connectivity index (χ0v) is 19.2. The van der Waals surface area contributed by atoms with Crippen LogP contribution < -0.4 is 10.2 Å². The highest BCUT2D eigenvalue weighted by atomic mass is 32.1. The third kappa shape index (κ3) is 4.68. The summed E-state index contributed by atoms with van der Waals surface area (Å²) in [6.07, 6.45) is 3.91. The topological polar surface area (TPSA) is 74.8 Å². The number of anilines is 2. The highest BCUT2D eigenvalue weighted by Gasteiger charge is 2.28. The normalized spacial score (nSPS) is 16.9. The van der Waals surface area contributed by atoms with Crippen molar-refractivity contribution in [2.45, 2.75) is 39.5 Å². The van der Waals surface area contributed by atoms with Crippen molar-refractivity contribution < 1.29 is 14.3 Å². The van der Waals surface area contributed by atoms with Crippen LogP contribution in [-0.2, 0) is 22.4 Å². The molecule has 0 aromatic carbocycles. The third-order valence-corrected chi connectivity index (χ3v) is 7.71. The molecule has 2 aromatic rings. The van der Waals surface area contributed by atoms with Gasteiger partial charge in [-0.3, -0.25) is 9.69 Å². The number of ether oxygens (including phenoxy) is 1. The van der Waals surface area contributed by atoms with E-state index in [-0.39, 0.29) is 11.9 Å². The summed E-state index contributed by atoms with van der Waals surface area (Å²) in [4.78, 5) is 35.6. The van der Waals surface area contributed by atoms with Crippen molar-refractivity contribution in [3.05, 3.63) is 27.1 Å². The van der Waals surface area contributed by atoms with E-state index in [9.17, 15) is 9.59 Å². The Morgan fingerprint density at radius 3 is 2.83 bits per heavy atom. The van der Waals surface area contributed by atoms with Gasteiger partial charge in [0.2, 0.25) is 5.91 Å². The molecule has 9 heteroatoms. The zero-order valence-electron chi connectivity index (χ0n) is 17.5. The molecule has 0 bridgehead atoms. The predicted octanol–water partition coefficient (Wildman–Crippen LogP) is 3.33. The van der Waals surface area contributed by atoms with E-state index < -0.39 is 0 Å². The van der Waals surface area contributed by atoms with Crippen LogP contribution in [0.4, 0.5) is 10.1 Å². The Balaban J connectivity index is 1.38. The molecule has 3 heterocycles. The number of nitrogens with zero attached hydrogens (tertiary/aromatic N) is 3.